The smallest absolute Gasteiger partial charge is 0.305 e. The Morgan fingerprint density at radius 1 is 0.370 bits per heavy atom. The topological polar surface area (TPSA) is 95.9 Å². The summed E-state index contributed by atoms with van der Waals surface area (Å²) in [6.07, 6.45) is 76.6. The van der Waals surface area contributed by atoms with Crippen LogP contribution in [0.15, 0.2) is 12.2 Å². The van der Waals surface area contributed by atoms with Crippen molar-refractivity contribution in [3.05, 3.63) is 12.2 Å². The van der Waals surface area contributed by atoms with Crippen LogP contribution in [0.25, 0.3) is 0 Å². The van der Waals surface area contributed by atoms with E-state index in [9.17, 15) is 19.8 Å². The molecule has 0 aliphatic heterocycles. The average Bonchev–Trinajstić information content (AvgIpc) is 3.39. The largest absolute Gasteiger partial charge is 0.466 e. The minimum absolute atomic E-state index is 0.00514. The van der Waals surface area contributed by atoms with Crippen molar-refractivity contribution in [3.8, 4) is 0 Å². The summed E-state index contributed by atoms with van der Waals surface area (Å²) in [7, 11) is 0. The minimum atomic E-state index is -0.671. The Morgan fingerprint density at radius 2 is 0.644 bits per heavy atom. The lowest BCUT2D eigenvalue weighted by Crippen LogP contribution is -2.45. The predicted octanol–water partition coefficient (Wildman–Crippen LogP) is 21.2. The summed E-state index contributed by atoms with van der Waals surface area (Å²) in [5.41, 5.74) is 0. The number of aliphatic hydroxyl groups excluding tert-OH is 2. The van der Waals surface area contributed by atoms with Crippen molar-refractivity contribution in [2.45, 2.75) is 392 Å². The Bertz CT molecular complexity index is 1100. The molecule has 0 radical (unpaired) electrons. The second-order valence-electron chi connectivity index (χ2n) is 23.2. The van der Waals surface area contributed by atoms with Gasteiger partial charge in [-0.2, -0.15) is 0 Å². The molecule has 0 aromatic rings. The average molecular weight is 1030 g/mol. The van der Waals surface area contributed by atoms with Crippen LogP contribution in [-0.4, -0.2) is 47.4 Å². The summed E-state index contributed by atoms with van der Waals surface area (Å²) in [6, 6.07) is -0.549. The Hall–Kier alpha value is -1.40. The molecule has 0 heterocycles. The fourth-order valence-corrected chi connectivity index (χ4v) is 10.7. The number of unbranched alkanes of at least 4 members (excludes halogenated alkanes) is 50. The third-order valence-corrected chi connectivity index (χ3v) is 15.8. The minimum Gasteiger partial charge on any atom is -0.466 e. The van der Waals surface area contributed by atoms with Gasteiger partial charge in [-0.05, 0) is 51.4 Å². The summed E-state index contributed by atoms with van der Waals surface area (Å²) in [6.45, 7) is 4.97. The molecule has 1 amide bonds. The van der Waals surface area contributed by atoms with Gasteiger partial charge in [0.15, 0.2) is 0 Å². The van der Waals surface area contributed by atoms with Gasteiger partial charge >= 0.3 is 5.97 Å². The highest BCUT2D eigenvalue weighted by Crippen LogP contribution is 2.19. The lowest BCUT2D eigenvalue weighted by molar-refractivity contribution is -0.143. The van der Waals surface area contributed by atoms with Gasteiger partial charge in [0.05, 0.1) is 25.4 Å². The number of amides is 1. The van der Waals surface area contributed by atoms with Crippen molar-refractivity contribution in [1.82, 2.24) is 5.32 Å². The molecule has 6 heteroatoms. The van der Waals surface area contributed by atoms with Crippen molar-refractivity contribution in [2.75, 3.05) is 13.2 Å². The Morgan fingerprint density at radius 3 is 0.973 bits per heavy atom. The molecule has 0 aromatic carbocycles. The van der Waals surface area contributed by atoms with E-state index in [-0.39, 0.29) is 18.5 Å². The number of allylic oxidation sites excluding steroid dienone is 2. The number of ether oxygens (including phenoxy) is 1. The molecule has 0 aromatic heterocycles. The van der Waals surface area contributed by atoms with Crippen molar-refractivity contribution in [3.63, 3.8) is 0 Å². The van der Waals surface area contributed by atoms with E-state index in [0.717, 1.165) is 51.4 Å². The van der Waals surface area contributed by atoms with Gasteiger partial charge in [0.2, 0.25) is 5.91 Å². The number of carbonyl (C=O) groups excluding carboxylic acids is 2. The van der Waals surface area contributed by atoms with Gasteiger partial charge in [0, 0.05) is 12.8 Å². The zero-order valence-corrected chi connectivity index (χ0v) is 49.6. The molecular weight excluding hydrogens is 899 g/mol. The van der Waals surface area contributed by atoms with E-state index in [0.29, 0.717) is 25.9 Å². The lowest BCUT2D eigenvalue weighted by Gasteiger charge is -2.22. The molecule has 2 unspecified atom stereocenters. The second-order valence-corrected chi connectivity index (χ2v) is 23.2. The monoisotopic (exact) mass is 1030 g/mol. The number of aliphatic hydroxyl groups is 2. The van der Waals surface area contributed by atoms with Crippen molar-refractivity contribution in [2.24, 2.45) is 0 Å². The molecule has 0 aliphatic rings. The van der Waals surface area contributed by atoms with Crippen LogP contribution in [0.3, 0.4) is 0 Å². The van der Waals surface area contributed by atoms with Crippen molar-refractivity contribution >= 4 is 11.9 Å². The van der Waals surface area contributed by atoms with Gasteiger partial charge in [0.25, 0.3) is 0 Å². The van der Waals surface area contributed by atoms with Crippen LogP contribution in [0.1, 0.15) is 380 Å². The first kappa shape index (κ1) is 71.6. The number of rotatable bonds is 63. The third-order valence-electron chi connectivity index (χ3n) is 15.8. The molecule has 0 fully saturated rings. The van der Waals surface area contributed by atoms with E-state index in [1.165, 1.54) is 295 Å². The SMILES string of the molecule is CCCCCCCCC/C=C\CCCCCCCC(=O)OCCCCCCCCCCCCCCCCCC(=O)NC(CO)C(O)CCCCCCCCCCCCCCCCCCCCCCCCCCC. The molecule has 0 rings (SSSR count). The predicted molar refractivity (Wildman–Crippen MR) is 320 cm³/mol. The Labute approximate surface area is 457 Å². The first-order valence-electron chi connectivity index (χ1n) is 33.4. The molecule has 3 N–H and O–H groups in total. The maximum atomic E-state index is 12.5. The van der Waals surface area contributed by atoms with E-state index >= 15 is 0 Å². The highest BCUT2D eigenvalue weighted by Gasteiger charge is 2.20. The molecule has 0 spiro atoms. The number of esters is 1. The van der Waals surface area contributed by atoms with Gasteiger partial charge in [-0.3, -0.25) is 9.59 Å². The molecule has 2 atom stereocenters. The van der Waals surface area contributed by atoms with Crippen LogP contribution >= 0.6 is 0 Å². The quantitative estimate of drug-likeness (QED) is 0.0320. The van der Waals surface area contributed by atoms with E-state index in [1.54, 1.807) is 0 Å². The van der Waals surface area contributed by atoms with E-state index in [1.807, 2.05) is 0 Å². The van der Waals surface area contributed by atoms with Gasteiger partial charge < -0.3 is 20.3 Å². The number of carbonyl (C=O) groups is 2. The molecule has 434 valence electrons. The van der Waals surface area contributed by atoms with Crippen LogP contribution in [0, 0.1) is 0 Å². The first-order valence-corrected chi connectivity index (χ1v) is 33.4. The normalized spacial score (nSPS) is 12.5. The summed E-state index contributed by atoms with van der Waals surface area (Å²) < 4.78 is 5.48. The maximum absolute atomic E-state index is 12.5. The number of nitrogens with one attached hydrogen (secondary N) is 1. The molecule has 73 heavy (non-hydrogen) atoms. The third kappa shape index (κ3) is 59.7. The van der Waals surface area contributed by atoms with Crippen LogP contribution in [0.2, 0.25) is 0 Å². The first-order chi connectivity index (χ1) is 36.0. The second kappa shape index (κ2) is 63.1. The highest BCUT2D eigenvalue weighted by molar-refractivity contribution is 5.76. The lowest BCUT2D eigenvalue weighted by atomic mass is 10.0. The Balaban J connectivity index is 3.41. The van der Waals surface area contributed by atoms with Crippen molar-refractivity contribution < 1.29 is 24.5 Å². The van der Waals surface area contributed by atoms with Crippen LogP contribution < -0.4 is 5.32 Å². The molecule has 0 aliphatic carbocycles. The van der Waals surface area contributed by atoms with Crippen LogP contribution in [0.5, 0.6) is 0 Å². The van der Waals surface area contributed by atoms with E-state index in [2.05, 4.69) is 31.3 Å². The highest BCUT2D eigenvalue weighted by atomic mass is 16.5. The summed E-state index contributed by atoms with van der Waals surface area (Å²) in [5, 5.41) is 23.4. The zero-order chi connectivity index (χ0) is 52.9. The van der Waals surface area contributed by atoms with Crippen LogP contribution in [-0.2, 0) is 14.3 Å². The van der Waals surface area contributed by atoms with E-state index in [4.69, 9.17) is 4.74 Å². The summed E-state index contributed by atoms with van der Waals surface area (Å²) >= 11 is 0. The number of hydrogen-bond acceptors (Lipinski definition) is 5. The number of hydrogen-bond donors (Lipinski definition) is 3. The molecular formula is C67H131NO5. The standard InChI is InChI=1S/C67H131NO5/c1-3-5-7-9-11-13-15-17-19-21-22-23-24-25-26-27-28-29-31-35-39-43-47-51-55-59-65(70)64(63-69)68-66(71)60-56-52-48-44-40-36-32-30-34-38-42-46-50-54-58-62-73-67(72)61-57-53-49-45-41-37-33-20-18-16-14-12-10-8-6-4-2/h20,33,64-65,69-70H,3-19,21-32,34-63H2,1-2H3,(H,68,71)/b33-20-. The zero-order valence-electron chi connectivity index (χ0n) is 49.6. The molecule has 0 saturated heterocycles. The Kier molecular flexibility index (Phi) is 61.9. The summed E-state index contributed by atoms with van der Waals surface area (Å²) in [5.74, 6) is -0.0439. The van der Waals surface area contributed by atoms with Gasteiger partial charge in [-0.25, -0.2) is 0 Å². The van der Waals surface area contributed by atoms with Gasteiger partial charge in [-0.1, -0.05) is 328 Å². The van der Waals surface area contributed by atoms with Gasteiger partial charge in [0.1, 0.15) is 0 Å². The van der Waals surface area contributed by atoms with Crippen molar-refractivity contribution in [1.29, 1.82) is 0 Å². The van der Waals surface area contributed by atoms with E-state index < -0.39 is 12.1 Å². The fraction of sp³-hybridized carbons (Fsp3) is 0.940. The maximum Gasteiger partial charge on any atom is 0.305 e. The van der Waals surface area contributed by atoms with Gasteiger partial charge in [-0.15, -0.1) is 0 Å². The fourth-order valence-electron chi connectivity index (χ4n) is 10.7. The molecule has 0 bridgehead atoms. The molecule has 6 nitrogen and oxygen atoms in total. The summed E-state index contributed by atoms with van der Waals surface area (Å²) in [4.78, 5) is 24.6. The molecule has 0 saturated carbocycles. The van der Waals surface area contributed by atoms with Crippen LogP contribution in [0.4, 0.5) is 0 Å².